The summed E-state index contributed by atoms with van der Waals surface area (Å²) in [5.74, 6) is -8.43. The number of halogens is 2. The molecular formula is C25H26F2N2O5. The number of fused-ring (bicyclic) bond motifs is 3. The number of carbonyl (C=O) groups is 3. The van der Waals surface area contributed by atoms with E-state index in [9.17, 15) is 23.2 Å². The molecule has 0 radical (unpaired) electrons. The van der Waals surface area contributed by atoms with E-state index in [0.717, 1.165) is 22.3 Å². The fourth-order valence-corrected chi connectivity index (χ4v) is 4.64. The lowest BCUT2D eigenvalue weighted by atomic mass is 9.98. The van der Waals surface area contributed by atoms with Crippen LogP contribution in [0.25, 0.3) is 11.1 Å². The van der Waals surface area contributed by atoms with Gasteiger partial charge in [-0.15, -0.1) is 0 Å². The molecule has 0 aliphatic heterocycles. The molecule has 0 heterocycles. The summed E-state index contributed by atoms with van der Waals surface area (Å²) in [6.07, 6.45) is -0.872. The smallest absolute Gasteiger partial charge is 0.407 e. The van der Waals surface area contributed by atoms with Crippen LogP contribution in [-0.2, 0) is 14.3 Å². The predicted molar refractivity (Wildman–Crippen MR) is 119 cm³/mol. The number of hydrogen-bond acceptors (Lipinski definition) is 4. The van der Waals surface area contributed by atoms with Gasteiger partial charge in [0.2, 0.25) is 5.91 Å². The lowest BCUT2D eigenvalue weighted by molar-refractivity contribution is -0.137. The average molecular weight is 472 g/mol. The second kappa shape index (κ2) is 9.40. The van der Waals surface area contributed by atoms with Crippen molar-refractivity contribution in [3.63, 3.8) is 0 Å². The third kappa shape index (κ3) is 4.60. The first-order valence-electron chi connectivity index (χ1n) is 11.2. The van der Waals surface area contributed by atoms with Crippen LogP contribution >= 0.6 is 0 Å². The lowest BCUT2D eigenvalue weighted by Crippen LogP contribution is -2.38. The maximum absolute atomic E-state index is 14.2. The number of carbonyl (C=O) groups excluding carboxylic acids is 2. The number of rotatable bonds is 9. The summed E-state index contributed by atoms with van der Waals surface area (Å²) in [5, 5.41) is 13.6. The summed E-state index contributed by atoms with van der Waals surface area (Å²) in [5.41, 5.74) is 4.22. The Balaban J connectivity index is 1.30. The van der Waals surface area contributed by atoms with Gasteiger partial charge in [0.1, 0.15) is 12.5 Å². The van der Waals surface area contributed by atoms with Gasteiger partial charge in [0.05, 0.1) is 12.3 Å². The highest BCUT2D eigenvalue weighted by Crippen LogP contribution is 2.55. The van der Waals surface area contributed by atoms with Crippen molar-refractivity contribution in [3.8, 4) is 11.1 Å². The molecule has 2 aliphatic rings. The third-order valence-corrected chi connectivity index (χ3v) is 6.55. The van der Waals surface area contributed by atoms with Crippen LogP contribution in [0, 0.1) is 11.8 Å². The van der Waals surface area contributed by atoms with Crippen molar-refractivity contribution in [1.29, 1.82) is 0 Å². The topological polar surface area (TPSA) is 105 Å². The summed E-state index contributed by atoms with van der Waals surface area (Å²) in [6, 6.07) is 15.0. The average Bonchev–Trinajstić information content (AvgIpc) is 3.22. The molecule has 2 aromatic rings. The summed E-state index contributed by atoms with van der Waals surface area (Å²) < 4.78 is 33.7. The Hall–Kier alpha value is -3.49. The largest absolute Gasteiger partial charge is 0.481 e. The molecule has 1 saturated carbocycles. The van der Waals surface area contributed by atoms with Crippen LogP contribution in [0.1, 0.15) is 36.8 Å². The highest BCUT2D eigenvalue weighted by atomic mass is 19.3. The fraction of sp³-hybridized carbons (Fsp3) is 0.400. The minimum atomic E-state index is -3.28. The minimum Gasteiger partial charge on any atom is -0.481 e. The van der Waals surface area contributed by atoms with E-state index < -0.39 is 48.3 Å². The Labute approximate surface area is 195 Å². The van der Waals surface area contributed by atoms with E-state index in [2.05, 4.69) is 10.6 Å². The molecule has 0 bridgehead atoms. The van der Waals surface area contributed by atoms with Crippen molar-refractivity contribution < 1.29 is 33.0 Å². The molecule has 0 spiro atoms. The van der Waals surface area contributed by atoms with Crippen molar-refractivity contribution in [1.82, 2.24) is 10.6 Å². The molecule has 9 heteroatoms. The van der Waals surface area contributed by atoms with Gasteiger partial charge in [0.25, 0.3) is 5.92 Å². The van der Waals surface area contributed by atoms with E-state index in [1.54, 1.807) is 6.92 Å². The van der Waals surface area contributed by atoms with E-state index in [4.69, 9.17) is 9.84 Å². The van der Waals surface area contributed by atoms with Gasteiger partial charge in [-0.3, -0.25) is 9.59 Å². The number of alkyl halides is 2. The molecule has 7 nitrogen and oxygen atoms in total. The first kappa shape index (κ1) is 23.7. The van der Waals surface area contributed by atoms with Gasteiger partial charge < -0.3 is 20.5 Å². The Kier molecular flexibility index (Phi) is 6.54. The predicted octanol–water partition coefficient (Wildman–Crippen LogP) is 3.78. The Bertz CT molecular complexity index is 1060. The number of carboxylic acid groups (broad SMARTS) is 1. The molecule has 2 amide bonds. The van der Waals surface area contributed by atoms with Crippen molar-refractivity contribution in [2.45, 2.75) is 37.6 Å². The number of hydrogen-bond donors (Lipinski definition) is 3. The minimum absolute atomic E-state index is 0.0538. The first-order chi connectivity index (χ1) is 16.2. The third-order valence-electron chi connectivity index (χ3n) is 6.55. The van der Waals surface area contributed by atoms with Crippen molar-refractivity contribution >= 4 is 18.0 Å². The molecule has 4 rings (SSSR count). The second-order valence-electron chi connectivity index (χ2n) is 8.68. The highest BCUT2D eigenvalue weighted by Gasteiger charge is 2.71. The van der Waals surface area contributed by atoms with Crippen molar-refractivity contribution in [3.05, 3.63) is 59.7 Å². The number of carboxylic acids is 1. The number of amides is 2. The normalized spacial score (nSPS) is 20.6. The number of alkyl carbamates (subject to hydrolysis) is 1. The maximum atomic E-state index is 14.2. The van der Waals surface area contributed by atoms with Crippen molar-refractivity contribution in [2.75, 3.05) is 13.2 Å². The van der Waals surface area contributed by atoms with Crippen LogP contribution in [0.5, 0.6) is 0 Å². The Morgan fingerprint density at radius 2 is 1.65 bits per heavy atom. The van der Waals surface area contributed by atoms with Gasteiger partial charge in [0.15, 0.2) is 0 Å². The molecular weight excluding hydrogens is 446 g/mol. The van der Waals surface area contributed by atoms with Gasteiger partial charge in [0, 0.05) is 18.5 Å². The van der Waals surface area contributed by atoms with E-state index >= 15 is 0 Å². The van der Waals surface area contributed by atoms with Gasteiger partial charge in [-0.2, -0.15) is 0 Å². The van der Waals surface area contributed by atoms with Gasteiger partial charge >= 0.3 is 12.1 Å². The molecule has 34 heavy (non-hydrogen) atoms. The lowest BCUT2D eigenvalue weighted by Gasteiger charge is -2.15. The van der Waals surface area contributed by atoms with Crippen LogP contribution in [0.4, 0.5) is 13.6 Å². The molecule has 2 aromatic carbocycles. The molecule has 1 fully saturated rings. The van der Waals surface area contributed by atoms with E-state index in [1.807, 2.05) is 48.5 Å². The molecule has 0 saturated heterocycles. The van der Waals surface area contributed by atoms with Crippen LogP contribution in [0.3, 0.4) is 0 Å². The number of aliphatic carboxylic acids is 1. The zero-order valence-electron chi connectivity index (χ0n) is 18.6. The van der Waals surface area contributed by atoms with Gasteiger partial charge in [-0.25, -0.2) is 13.6 Å². The van der Waals surface area contributed by atoms with Gasteiger partial charge in [-0.1, -0.05) is 55.5 Å². The zero-order chi connectivity index (χ0) is 24.5. The quantitative estimate of drug-likeness (QED) is 0.515. The monoisotopic (exact) mass is 472 g/mol. The molecule has 0 aromatic heterocycles. The van der Waals surface area contributed by atoms with Crippen molar-refractivity contribution in [2.24, 2.45) is 11.8 Å². The zero-order valence-corrected chi connectivity index (χ0v) is 18.6. The van der Waals surface area contributed by atoms with E-state index in [-0.39, 0.29) is 18.9 Å². The number of ether oxygens (including phenoxy) is 1. The standard InChI is InChI=1S/C25H26F2N2O5/c1-2-14(11-21(30)31)29-23(32)22-20(25(22,26)27)12-28-24(33)34-13-19-17-9-5-3-7-15(17)16-8-4-6-10-18(16)19/h3-10,14,19-20,22H,2,11-13H2,1H3,(H,28,33)(H,29,32)(H,30,31)/t14?,20-,22-/m0/s1. The van der Waals surface area contributed by atoms with Crippen LogP contribution in [0.2, 0.25) is 0 Å². The van der Waals surface area contributed by atoms with E-state index in [0.29, 0.717) is 6.42 Å². The summed E-state index contributed by atoms with van der Waals surface area (Å²) >= 11 is 0. The summed E-state index contributed by atoms with van der Waals surface area (Å²) in [4.78, 5) is 35.3. The Morgan fingerprint density at radius 1 is 1.06 bits per heavy atom. The van der Waals surface area contributed by atoms with E-state index in [1.165, 1.54) is 0 Å². The summed E-state index contributed by atoms with van der Waals surface area (Å²) in [6.45, 7) is 1.30. The SMILES string of the molecule is CCC(CC(=O)O)NC(=O)[C@@H]1[C@H](CNC(=O)OCC2c3ccccc3-c3ccccc32)C1(F)F. The molecule has 1 unspecified atom stereocenters. The fourth-order valence-electron chi connectivity index (χ4n) is 4.64. The maximum Gasteiger partial charge on any atom is 0.407 e. The highest BCUT2D eigenvalue weighted by molar-refractivity contribution is 5.84. The molecule has 2 aliphatic carbocycles. The molecule has 3 N–H and O–H groups in total. The number of nitrogens with one attached hydrogen (secondary N) is 2. The van der Waals surface area contributed by atoms with Crippen LogP contribution in [0.15, 0.2) is 48.5 Å². The second-order valence-corrected chi connectivity index (χ2v) is 8.68. The molecule has 3 atom stereocenters. The number of benzene rings is 2. The Morgan fingerprint density at radius 3 is 2.21 bits per heavy atom. The van der Waals surface area contributed by atoms with Crippen LogP contribution in [-0.4, -0.2) is 48.2 Å². The first-order valence-corrected chi connectivity index (χ1v) is 11.2. The van der Waals surface area contributed by atoms with Gasteiger partial charge in [-0.05, 0) is 28.7 Å². The summed E-state index contributed by atoms with van der Waals surface area (Å²) in [7, 11) is 0. The van der Waals surface area contributed by atoms with Crippen LogP contribution < -0.4 is 10.6 Å². The molecule has 180 valence electrons.